The average Bonchev–Trinajstić information content (AvgIpc) is 3.31. The van der Waals surface area contributed by atoms with Crippen LogP contribution in [0.2, 0.25) is 0 Å². The van der Waals surface area contributed by atoms with E-state index in [1.165, 1.54) is 0 Å². The third-order valence-electron chi connectivity index (χ3n) is 6.34. The molecule has 0 unspecified atom stereocenters. The number of carbonyl (C=O) groups is 1. The van der Waals surface area contributed by atoms with Gasteiger partial charge < -0.3 is 19.3 Å². The van der Waals surface area contributed by atoms with Gasteiger partial charge in [-0.3, -0.25) is 4.79 Å². The Hall–Kier alpha value is -3.43. The van der Waals surface area contributed by atoms with Crippen LogP contribution in [0, 0.1) is 6.92 Å². The second-order valence-electron chi connectivity index (χ2n) is 8.67. The number of sulfone groups is 1. The van der Waals surface area contributed by atoms with Gasteiger partial charge in [0.2, 0.25) is 5.91 Å². The van der Waals surface area contributed by atoms with Crippen molar-refractivity contribution in [1.29, 1.82) is 0 Å². The second-order valence-corrected chi connectivity index (χ2v) is 10.8. The van der Waals surface area contributed by atoms with E-state index in [-0.39, 0.29) is 24.3 Å². The molecular weight excluding hydrogens is 458 g/mol. The summed E-state index contributed by atoms with van der Waals surface area (Å²) in [6.07, 6.45) is 0.636. The molecule has 1 amide bonds. The summed E-state index contributed by atoms with van der Waals surface area (Å²) < 4.78 is 34.5. The van der Waals surface area contributed by atoms with Crippen molar-refractivity contribution in [2.24, 2.45) is 0 Å². The number of fused-ring (bicyclic) bond motifs is 2. The lowest BCUT2D eigenvalue weighted by molar-refractivity contribution is -0.122. The summed E-state index contributed by atoms with van der Waals surface area (Å²) in [7, 11) is -3.37. The van der Waals surface area contributed by atoms with Crippen LogP contribution in [0.15, 0.2) is 62.4 Å². The van der Waals surface area contributed by atoms with Crippen molar-refractivity contribution in [3.8, 4) is 11.1 Å². The summed E-state index contributed by atoms with van der Waals surface area (Å²) in [5, 5.41) is 14.1. The van der Waals surface area contributed by atoms with Gasteiger partial charge in [0.25, 0.3) is 0 Å². The Morgan fingerprint density at radius 3 is 2.59 bits per heavy atom. The minimum Gasteiger partial charge on any atom is -0.464 e. The van der Waals surface area contributed by atoms with Gasteiger partial charge in [-0.25, -0.2) is 13.2 Å². The molecule has 4 aromatic rings. The number of benzene rings is 2. The third kappa shape index (κ3) is 4.12. The molecule has 0 spiro atoms. The summed E-state index contributed by atoms with van der Waals surface area (Å²) in [5.41, 5.74) is 3.49. The Balaban J connectivity index is 1.43. The number of amides is 1. The smallest absolute Gasteiger partial charge is 0.339 e. The summed E-state index contributed by atoms with van der Waals surface area (Å²) >= 11 is 0. The third-order valence-corrected chi connectivity index (χ3v) is 8.05. The van der Waals surface area contributed by atoms with Gasteiger partial charge in [0.1, 0.15) is 11.2 Å². The van der Waals surface area contributed by atoms with E-state index in [1.807, 2.05) is 43.3 Å². The number of aliphatic hydroxyl groups is 1. The molecule has 2 atom stereocenters. The first-order valence-electron chi connectivity index (χ1n) is 10.9. The van der Waals surface area contributed by atoms with Crippen molar-refractivity contribution < 1.29 is 27.2 Å². The first-order chi connectivity index (χ1) is 16.2. The van der Waals surface area contributed by atoms with Crippen LogP contribution in [0.25, 0.3) is 33.1 Å². The van der Waals surface area contributed by atoms with Crippen molar-refractivity contribution in [1.82, 2.24) is 5.32 Å². The summed E-state index contributed by atoms with van der Waals surface area (Å²) in [5.74, 6) is -1.09. The molecular formula is C25H23NO7S. The highest BCUT2D eigenvalue weighted by Gasteiger charge is 2.37. The van der Waals surface area contributed by atoms with Crippen LogP contribution in [0.5, 0.6) is 0 Å². The van der Waals surface area contributed by atoms with E-state index in [2.05, 4.69) is 5.32 Å². The second kappa shape index (κ2) is 8.41. The van der Waals surface area contributed by atoms with Gasteiger partial charge in [-0.2, -0.15) is 0 Å². The number of aliphatic hydroxyl groups excluding tert-OH is 1. The number of hydrogen-bond acceptors (Lipinski definition) is 7. The van der Waals surface area contributed by atoms with Gasteiger partial charge in [-0.1, -0.05) is 30.3 Å². The minimum absolute atomic E-state index is 0.0381. The molecule has 5 rings (SSSR count). The monoisotopic (exact) mass is 481 g/mol. The Morgan fingerprint density at radius 2 is 1.88 bits per heavy atom. The Bertz CT molecular complexity index is 1570. The van der Waals surface area contributed by atoms with E-state index in [4.69, 9.17) is 8.83 Å². The zero-order valence-corrected chi connectivity index (χ0v) is 19.2. The molecule has 9 heteroatoms. The normalized spacial score (nSPS) is 19.6. The summed E-state index contributed by atoms with van der Waals surface area (Å²) in [4.78, 5) is 25.1. The first kappa shape index (κ1) is 22.4. The molecule has 0 bridgehead atoms. The zero-order valence-electron chi connectivity index (χ0n) is 18.4. The fraction of sp³-hybridized carbons (Fsp3) is 0.280. The molecule has 2 aromatic carbocycles. The average molecular weight is 482 g/mol. The van der Waals surface area contributed by atoms with E-state index in [1.54, 1.807) is 12.3 Å². The van der Waals surface area contributed by atoms with Crippen LogP contribution in [0.3, 0.4) is 0 Å². The SMILES string of the molecule is Cc1c(CCC(=O)N[C@H]2CS(=O)(=O)C[C@@H]2O)c(=O)oc2cc3occ(-c4ccccc4)c3cc12. The molecule has 1 aliphatic heterocycles. The molecule has 3 heterocycles. The first-order valence-corrected chi connectivity index (χ1v) is 12.7. The maximum absolute atomic E-state index is 12.7. The van der Waals surface area contributed by atoms with Gasteiger partial charge in [-0.15, -0.1) is 0 Å². The maximum atomic E-state index is 12.7. The van der Waals surface area contributed by atoms with Crippen LogP contribution in [-0.2, 0) is 21.1 Å². The van der Waals surface area contributed by atoms with Gasteiger partial charge in [0.05, 0.1) is 29.9 Å². The van der Waals surface area contributed by atoms with Crippen LogP contribution >= 0.6 is 0 Å². The number of nitrogens with one attached hydrogen (secondary N) is 1. The molecule has 1 saturated heterocycles. The van der Waals surface area contributed by atoms with E-state index < -0.39 is 33.5 Å². The fourth-order valence-electron chi connectivity index (χ4n) is 4.52. The van der Waals surface area contributed by atoms with Gasteiger partial charge in [0, 0.05) is 34.4 Å². The highest BCUT2D eigenvalue weighted by Crippen LogP contribution is 2.34. The van der Waals surface area contributed by atoms with Crippen molar-refractivity contribution in [2.75, 3.05) is 11.5 Å². The Labute approximate surface area is 195 Å². The van der Waals surface area contributed by atoms with E-state index >= 15 is 0 Å². The molecule has 34 heavy (non-hydrogen) atoms. The quantitative estimate of drug-likeness (QED) is 0.420. The lowest BCUT2D eigenvalue weighted by atomic mass is 9.99. The standard InChI is InChI=1S/C25H23NO7S/c1-14-16(7-8-24(28)26-20-12-34(30,31)13-21(20)27)25(29)33-23-10-22-18(9-17(14)23)19(11-32-22)15-5-3-2-4-6-15/h2-6,9-11,20-21,27H,7-8,12-13H2,1H3,(H,26,28)/t20-,21-/m0/s1. The Morgan fingerprint density at radius 1 is 1.12 bits per heavy atom. The molecule has 1 fully saturated rings. The number of aryl methyl sites for hydroxylation is 1. The van der Waals surface area contributed by atoms with E-state index in [0.717, 1.165) is 21.9 Å². The molecule has 0 radical (unpaired) electrons. The van der Waals surface area contributed by atoms with Crippen molar-refractivity contribution in [3.63, 3.8) is 0 Å². The fourth-order valence-corrected chi connectivity index (χ4v) is 6.27. The molecule has 0 aliphatic carbocycles. The van der Waals surface area contributed by atoms with Gasteiger partial charge >= 0.3 is 5.63 Å². The highest BCUT2D eigenvalue weighted by molar-refractivity contribution is 7.91. The summed E-state index contributed by atoms with van der Waals surface area (Å²) in [6, 6.07) is 12.6. The van der Waals surface area contributed by atoms with Gasteiger partial charge in [0.15, 0.2) is 9.84 Å². The predicted molar refractivity (Wildman–Crippen MR) is 127 cm³/mol. The van der Waals surface area contributed by atoms with Crippen LogP contribution in [0.1, 0.15) is 17.5 Å². The van der Waals surface area contributed by atoms with Gasteiger partial charge in [-0.05, 0) is 30.5 Å². The number of hydrogen-bond donors (Lipinski definition) is 2. The zero-order chi connectivity index (χ0) is 24.0. The number of furan rings is 1. The molecule has 0 saturated carbocycles. The molecule has 8 nitrogen and oxygen atoms in total. The molecule has 1 aliphatic rings. The lowest BCUT2D eigenvalue weighted by Crippen LogP contribution is -2.42. The minimum atomic E-state index is -3.37. The van der Waals surface area contributed by atoms with E-state index in [0.29, 0.717) is 22.3 Å². The topological polar surface area (TPSA) is 127 Å². The van der Waals surface area contributed by atoms with Crippen molar-refractivity contribution in [3.05, 3.63) is 70.3 Å². The largest absolute Gasteiger partial charge is 0.464 e. The lowest BCUT2D eigenvalue weighted by Gasteiger charge is -2.15. The van der Waals surface area contributed by atoms with Crippen LogP contribution in [-0.4, -0.2) is 43.1 Å². The van der Waals surface area contributed by atoms with Crippen LogP contribution < -0.4 is 10.9 Å². The molecule has 2 aromatic heterocycles. The maximum Gasteiger partial charge on any atom is 0.339 e. The Kier molecular flexibility index (Phi) is 5.53. The molecule has 176 valence electrons. The summed E-state index contributed by atoms with van der Waals surface area (Å²) in [6.45, 7) is 1.81. The van der Waals surface area contributed by atoms with Crippen molar-refractivity contribution >= 4 is 37.7 Å². The van der Waals surface area contributed by atoms with Crippen LogP contribution in [0.4, 0.5) is 0 Å². The van der Waals surface area contributed by atoms with E-state index in [9.17, 15) is 23.1 Å². The number of rotatable bonds is 5. The predicted octanol–water partition coefficient (Wildman–Crippen LogP) is 2.72. The molecule has 2 N–H and O–H groups in total. The highest BCUT2D eigenvalue weighted by atomic mass is 32.2. The number of carbonyl (C=O) groups excluding carboxylic acids is 1. The van der Waals surface area contributed by atoms with Crippen molar-refractivity contribution in [2.45, 2.75) is 31.9 Å².